The number of amides is 1. The quantitative estimate of drug-likeness (QED) is 0.773. The van der Waals surface area contributed by atoms with Crippen LogP contribution in [-0.4, -0.2) is 32.7 Å². The average molecular weight is 264 g/mol. The second-order valence-corrected chi connectivity index (χ2v) is 4.59. The molecule has 1 aromatic carbocycles. The molecule has 1 saturated carbocycles. The smallest absolute Gasteiger partial charge is 0.257 e. The molecule has 0 radical (unpaired) electrons. The zero-order chi connectivity index (χ0) is 13.7. The van der Waals surface area contributed by atoms with E-state index < -0.39 is 0 Å². The van der Waals surface area contributed by atoms with Crippen LogP contribution in [0.3, 0.4) is 0 Å². The molecule has 0 unspecified atom stereocenters. The molecule has 1 aliphatic rings. The van der Waals surface area contributed by atoms with Crippen LogP contribution in [0.1, 0.15) is 18.4 Å². The number of carbonyl (C=O) groups excluding carboxylic acids is 1. The summed E-state index contributed by atoms with van der Waals surface area (Å²) >= 11 is 0. The lowest BCUT2D eigenvalue weighted by atomic mass is 10.2. The number of methoxy groups -OCH3 is 1. The normalized spacial score (nSPS) is 14.0. The summed E-state index contributed by atoms with van der Waals surface area (Å²) in [6.45, 7) is 0.754. The van der Waals surface area contributed by atoms with E-state index in [1.165, 1.54) is 12.8 Å². The van der Waals surface area contributed by atoms with Crippen molar-refractivity contribution in [1.29, 1.82) is 0 Å². The third-order valence-electron chi connectivity index (χ3n) is 3.06. The summed E-state index contributed by atoms with van der Waals surface area (Å²) in [5.74, 6) is 1.37. The van der Waals surface area contributed by atoms with E-state index >= 15 is 0 Å². The number of likely N-dealkylation sites (N-methyl/N-ethyl adjacent to an activating group) is 1. The highest BCUT2D eigenvalue weighted by molar-refractivity contribution is 5.77. The highest BCUT2D eigenvalue weighted by atomic mass is 16.5. The summed E-state index contributed by atoms with van der Waals surface area (Å²) in [7, 11) is 3.23. The molecule has 0 atom stereocenters. The molecule has 1 amide bonds. The average Bonchev–Trinajstić information content (AvgIpc) is 3.26. The predicted octanol–water partition coefficient (Wildman–Crippen LogP) is 1.07. The topological polar surface area (TPSA) is 59.6 Å². The molecule has 1 aliphatic carbocycles. The molecule has 0 aromatic heterocycles. The van der Waals surface area contributed by atoms with Crippen LogP contribution in [0.4, 0.5) is 0 Å². The van der Waals surface area contributed by atoms with E-state index in [0.717, 1.165) is 23.6 Å². The van der Waals surface area contributed by atoms with E-state index in [0.29, 0.717) is 6.04 Å². The molecule has 1 aromatic rings. The molecule has 2 rings (SSSR count). The Morgan fingerprint density at radius 2 is 2.21 bits per heavy atom. The lowest BCUT2D eigenvalue weighted by Crippen LogP contribution is -2.25. The lowest BCUT2D eigenvalue weighted by molar-refractivity contribution is -0.122. The molecule has 5 nitrogen and oxygen atoms in total. The van der Waals surface area contributed by atoms with Gasteiger partial charge in [0, 0.05) is 25.2 Å². The molecule has 0 aliphatic heterocycles. The van der Waals surface area contributed by atoms with Crippen molar-refractivity contribution < 1.29 is 14.3 Å². The summed E-state index contributed by atoms with van der Waals surface area (Å²) < 4.78 is 10.8. The van der Waals surface area contributed by atoms with Gasteiger partial charge in [-0.3, -0.25) is 4.79 Å². The van der Waals surface area contributed by atoms with E-state index in [1.54, 1.807) is 14.2 Å². The summed E-state index contributed by atoms with van der Waals surface area (Å²) in [4.78, 5) is 11.2. The summed E-state index contributed by atoms with van der Waals surface area (Å²) in [6.07, 6.45) is 2.47. The van der Waals surface area contributed by atoms with Crippen LogP contribution in [0.2, 0.25) is 0 Å². The Kier molecular flexibility index (Phi) is 4.63. The fourth-order valence-corrected chi connectivity index (χ4v) is 1.72. The third kappa shape index (κ3) is 4.13. The van der Waals surface area contributed by atoms with Gasteiger partial charge in [0.15, 0.2) is 6.61 Å². The monoisotopic (exact) mass is 264 g/mol. The zero-order valence-corrected chi connectivity index (χ0v) is 11.4. The Balaban J connectivity index is 2.03. The number of ether oxygens (including phenoxy) is 2. The first-order valence-corrected chi connectivity index (χ1v) is 6.46. The summed E-state index contributed by atoms with van der Waals surface area (Å²) in [6, 6.07) is 6.23. The van der Waals surface area contributed by atoms with Crippen molar-refractivity contribution >= 4 is 5.91 Å². The Labute approximate surface area is 113 Å². The highest BCUT2D eigenvalue weighted by Crippen LogP contribution is 2.26. The van der Waals surface area contributed by atoms with E-state index in [2.05, 4.69) is 10.6 Å². The maximum Gasteiger partial charge on any atom is 0.257 e. The number of rotatable bonds is 7. The SMILES string of the molecule is CNC(=O)COc1ccc(OC)cc1CNC1CC1. The van der Waals surface area contributed by atoms with Crippen LogP contribution in [0.5, 0.6) is 11.5 Å². The van der Waals surface area contributed by atoms with Crippen molar-refractivity contribution in [3.63, 3.8) is 0 Å². The maximum absolute atomic E-state index is 11.2. The van der Waals surface area contributed by atoms with Gasteiger partial charge in [-0.05, 0) is 31.0 Å². The summed E-state index contributed by atoms with van der Waals surface area (Å²) in [5, 5.41) is 5.96. The molecule has 0 bridgehead atoms. The van der Waals surface area contributed by atoms with Gasteiger partial charge in [-0.15, -0.1) is 0 Å². The second-order valence-electron chi connectivity index (χ2n) is 4.59. The van der Waals surface area contributed by atoms with Crippen LogP contribution < -0.4 is 20.1 Å². The molecular weight excluding hydrogens is 244 g/mol. The van der Waals surface area contributed by atoms with E-state index in [4.69, 9.17) is 9.47 Å². The highest BCUT2D eigenvalue weighted by Gasteiger charge is 2.20. The number of benzene rings is 1. The van der Waals surface area contributed by atoms with Crippen molar-refractivity contribution in [1.82, 2.24) is 10.6 Å². The van der Waals surface area contributed by atoms with E-state index in [-0.39, 0.29) is 12.5 Å². The number of carbonyl (C=O) groups is 1. The first kappa shape index (κ1) is 13.7. The Morgan fingerprint density at radius 3 is 2.84 bits per heavy atom. The first-order valence-electron chi connectivity index (χ1n) is 6.46. The van der Waals surface area contributed by atoms with E-state index in [9.17, 15) is 4.79 Å². The molecule has 5 heteroatoms. The van der Waals surface area contributed by atoms with Crippen LogP contribution in [0, 0.1) is 0 Å². The molecule has 0 saturated heterocycles. The van der Waals surface area contributed by atoms with Crippen LogP contribution in [0.25, 0.3) is 0 Å². The minimum absolute atomic E-state index is 0.0270. The van der Waals surface area contributed by atoms with Crippen LogP contribution in [-0.2, 0) is 11.3 Å². The van der Waals surface area contributed by atoms with Crippen LogP contribution in [0.15, 0.2) is 18.2 Å². The molecule has 2 N–H and O–H groups in total. The first-order chi connectivity index (χ1) is 9.22. The van der Waals surface area contributed by atoms with Crippen molar-refractivity contribution in [3.8, 4) is 11.5 Å². The van der Waals surface area contributed by atoms with Crippen molar-refractivity contribution in [2.45, 2.75) is 25.4 Å². The number of hydrogen-bond acceptors (Lipinski definition) is 4. The minimum Gasteiger partial charge on any atom is -0.497 e. The predicted molar refractivity (Wildman–Crippen MR) is 72.4 cm³/mol. The van der Waals surface area contributed by atoms with Gasteiger partial charge in [-0.1, -0.05) is 0 Å². The van der Waals surface area contributed by atoms with Gasteiger partial charge in [-0.25, -0.2) is 0 Å². The number of hydrogen-bond donors (Lipinski definition) is 2. The number of nitrogens with one attached hydrogen (secondary N) is 2. The van der Waals surface area contributed by atoms with Gasteiger partial charge in [0.2, 0.25) is 0 Å². The second kappa shape index (κ2) is 6.43. The van der Waals surface area contributed by atoms with Gasteiger partial charge in [0.25, 0.3) is 5.91 Å². The molecule has 0 spiro atoms. The summed E-state index contributed by atoms with van der Waals surface area (Å²) in [5.41, 5.74) is 1.01. The van der Waals surface area contributed by atoms with Gasteiger partial charge in [-0.2, -0.15) is 0 Å². The van der Waals surface area contributed by atoms with Gasteiger partial charge < -0.3 is 20.1 Å². The maximum atomic E-state index is 11.2. The zero-order valence-electron chi connectivity index (χ0n) is 11.4. The standard InChI is InChI=1S/C14H20N2O3/c1-15-14(17)9-19-13-6-5-12(18-2)7-10(13)8-16-11-3-4-11/h5-7,11,16H,3-4,8-9H2,1-2H3,(H,15,17). The van der Waals surface area contributed by atoms with Crippen LogP contribution >= 0.6 is 0 Å². The molecule has 19 heavy (non-hydrogen) atoms. The molecule has 0 heterocycles. The van der Waals surface area contributed by atoms with Gasteiger partial charge in [0.05, 0.1) is 7.11 Å². The Bertz CT molecular complexity index is 444. The third-order valence-corrected chi connectivity index (χ3v) is 3.06. The molecule has 104 valence electrons. The fraction of sp³-hybridized carbons (Fsp3) is 0.500. The van der Waals surface area contributed by atoms with Crippen molar-refractivity contribution in [2.75, 3.05) is 20.8 Å². The largest absolute Gasteiger partial charge is 0.497 e. The van der Waals surface area contributed by atoms with Crippen molar-refractivity contribution in [3.05, 3.63) is 23.8 Å². The molecular formula is C14H20N2O3. The Morgan fingerprint density at radius 1 is 1.42 bits per heavy atom. The van der Waals surface area contributed by atoms with Gasteiger partial charge >= 0.3 is 0 Å². The fourth-order valence-electron chi connectivity index (χ4n) is 1.72. The lowest BCUT2D eigenvalue weighted by Gasteiger charge is -2.13. The molecule has 1 fully saturated rings. The minimum atomic E-state index is -0.142. The van der Waals surface area contributed by atoms with E-state index in [1.807, 2.05) is 18.2 Å². The Hall–Kier alpha value is -1.75. The van der Waals surface area contributed by atoms with Gasteiger partial charge in [0.1, 0.15) is 11.5 Å². The van der Waals surface area contributed by atoms with Crippen molar-refractivity contribution in [2.24, 2.45) is 0 Å².